The summed E-state index contributed by atoms with van der Waals surface area (Å²) in [5.74, 6) is -7.53. The van der Waals surface area contributed by atoms with Crippen molar-refractivity contribution in [3.8, 4) is 28.0 Å². The first-order valence-corrected chi connectivity index (χ1v) is 11.0. The van der Waals surface area contributed by atoms with Crippen LogP contribution in [0, 0.1) is 41.8 Å². The zero-order valence-electron chi connectivity index (χ0n) is 20.0. The van der Waals surface area contributed by atoms with Crippen molar-refractivity contribution in [1.82, 2.24) is 0 Å². The summed E-state index contributed by atoms with van der Waals surface area (Å²) in [5, 5.41) is 0. The van der Waals surface area contributed by atoms with E-state index in [1.807, 2.05) is 32.9 Å². The Labute approximate surface area is 208 Å². The van der Waals surface area contributed by atoms with Gasteiger partial charge in [0.1, 0.15) is 24.1 Å². The van der Waals surface area contributed by atoms with Crippen LogP contribution in [-0.4, -0.2) is 0 Å². The SMILES string of the molecule is CC.Cc1ccc(-c2cc(F)c(CF)c(F)c2)cc1.FOc1ccc(-c2cc(F)c(F)c(F)c2)c(F)c1. The zero-order valence-corrected chi connectivity index (χ0v) is 20.0. The van der Waals surface area contributed by atoms with Crippen LogP contribution in [0.1, 0.15) is 25.0 Å². The Kier molecular flexibility index (Phi) is 10.7. The number of benzene rings is 4. The van der Waals surface area contributed by atoms with Crippen molar-refractivity contribution in [3.63, 3.8) is 0 Å². The Morgan fingerprint density at radius 2 is 1.11 bits per heavy atom. The average Bonchev–Trinajstić information content (AvgIpc) is 2.88. The highest BCUT2D eigenvalue weighted by atomic mass is 19.3. The molecule has 0 unspecified atom stereocenters. The van der Waals surface area contributed by atoms with Crippen LogP contribution in [0.3, 0.4) is 0 Å². The first kappa shape index (κ1) is 29.4. The van der Waals surface area contributed by atoms with Crippen LogP contribution in [0.5, 0.6) is 5.75 Å². The molecule has 1 nitrogen and oxygen atoms in total. The van der Waals surface area contributed by atoms with Gasteiger partial charge in [-0.2, -0.15) is 0 Å². The van der Waals surface area contributed by atoms with Crippen LogP contribution in [0.2, 0.25) is 0 Å². The summed E-state index contributed by atoms with van der Waals surface area (Å²) in [4.78, 5) is 3.30. The van der Waals surface area contributed by atoms with Gasteiger partial charge in [0.05, 0.1) is 5.56 Å². The van der Waals surface area contributed by atoms with Gasteiger partial charge >= 0.3 is 0 Å². The summed E-state index contributed by atoms with van der Waals surface area (Å²) in [6.07, 6.45) is 0. The molecular weight excluding hydrogens is 504 g/mol. The Balaban J connectivity index is 0.000000244. The highest BCUT2D eigenvalue weighted by Crippen LogP contribution is 2.29. The van der Waals surface area contributed by atoms with E-state index in [9.17, 15) is 35.3 Å². The van der Waals surface area contributed by atoms with Crippen LogP contribution in [-0.2, 0) is 6.67 Å². The number of rotatable bonds is 4. The number of hydrogen-bond acceptors (Lipinski definition) is 1. The standard InChI is InChI=1S/C14H11F3.C12H5F5O.C2H6/c1-9-2-4-10(5-3-9)11-6-13(16)12(8-15)14(17)7-11;13-9-5-7(18-17)1-2-8(9)6-3-10(14)12(16)11(15)4-6;1-2/h2-7H,8H2,1H3;1-5H;1-2H3. The topological polar surface area (TPSA) is 9.23 Å². The molecule has 0 aromatic heterocycles. The maximum atomic E-state index is 13.5. The summed E-state index contributed by atoms with van der Waals surface area (Å²) < 4.78 is 103. The number of hydrogen-bond donors (Lipinski definition) is 0. The van der Waals surface area contributed by atoms with Crippen LogP contribution >= 0.6 is 0 Å². The van der Waals surface area contributed by atoms with E-state index in [0.29, 0.717) is 29.3 Å². The van der Waals surface area contributed by atoms with Crippen molar-refractivity contribution >= 4 is 0 Å². The largest absolute Gasteiger partial charge is 0.294 e. The maximum Gasteiger partial charge on any atom is 0.194 e. The highest BCUT2D eigenvalue weighted by molar-refractivity contribution is 5.65. The van der Waals surface area contributed by atoms with Crippen LogP contribution in [0.15, 0.2) is 66.7 Å². The third-order valence-corrected chi connectivity index (χ3v) is 4.98. The molecule has 0 saturated heterocycles. The van der Waals surface area contributed by atoms with Gasteiger partial charge in [0.15, 0.2) is 23.2 Å². The smallest absolute Gasteiger partial charge is 0.194 e. The molecule has 0 radical (unpaired) electrons. The van der Waals surface area contributed by atoms with Crippen molar-refractivity contribution in [2.45, 2.75) is 27.4 Å². The van der Waals surface area contributed by atoms with Gasteiger partial charge in [-0.05, 0) is 60.0 Å². The quantitative estimate of drug-likeness (QED) is 0.190. The molecule has 0 amide bonds. The monoisotopic (exact) mass is 526 g/mol. The first-order valence-electron chi connectivity index (χ1n) is 11.0. The maximum absolute atomic E-state index is 13.5. The normalized spacial score (nSPS) is 10.1. The van der Waals surface area contributed by atoms with Gasteiger partial charge in [-0.25, -0.2) is 30.7 Å². The average molecular weight is 526 g/mol. The Bertz CT molecular complexity index is 1290. The molecule has 0 spiro atoms. The molecular formula is C28H22F8O. The number of halogens is 8. The van der Waals surface area contributed by atoms with Crippen LogP contribution < -0.4 is 4.94 Å². The summed E-state index contributed by atoms with van der Waals surface area (Å²) in [5.41, 5.74) is 1.27. The third-order valence-electron chi connectivity index (χ3n) is 4.98. The van der Waals surface area contributed by atoms with Gasteiger partial charge in [-0.15, -0.1) is 0 Å². The molecule has 0 aliphatic heterocycles. The Morgan fingerprint density at radius 3 is 1.57 bits per heavy atom. The molecule has 0 saturated carbocycles. The van der Waals surface area contributed by atoms with Gasteiger partial charge in [-0.3, -0.25) is 4.94 Å². The molecule has 196 valence electrons. The van der Waals surface area contributed by atoms with E-state index < -0.39 is 47.1 Å². The second-order valence-electron chi connectivity index (χ2n) is 7.39. The fourth-order valence-corrected chi connectivity index (χ4v) is 3.13. The molecule has 0 fully saturated rings. The fourth-order valence-electron chi connectivity index (χ4n) is 3.13. The lowest BCUT2D eigenvalue weighted by atomic mass is 10.0. The van der Waals surface area contributed by atoms with Gasteiger partial charge < -0.3 is 0 Å². The van der Waals surface area contributed by atoms with E-state index in [2.05, 4.69) is 4.94 Å². The predicted octanol–water partition coefficient (Wildman–Crippen LogP) is 9.61. The molecule has 0 bridgehead atoms. The number of aryl methyl sites for hydroxylation is 1. The van der Waals surface area contributed by atoms with Crippen molar-refractivity contribution in [1.29, 1.82) is 0 Å². The fraction of sp³-hybridized carbons (Fsp3) is 0.143. The molecule has 9 heteroatoms. The Morgan fingerprint density at radius 1 is 0.595 bits per heavy atom. The van der Waals surface area contributed by atoms with E-state index in [1.54, 1.807) is 12.1 Å². The lowest BCUT2D eigenvalue weighted by Gasteiger charge is -2.06. The first-order chi connectivity index (χ1) is 17.6. The molecule has 4 aromatic rings. The minimum Gasteiger partial charge on any atom is -0.294 e. The summed E-state index contributed by atoms with van der Waals surface area (Å²) in [7, 11) is 0. The molecule has 0 heterocycles. The highest BCUT2D eigenvalue weighted by Gasteiger charge is 2.15. The molecule has 0 N–H and O–H groups in total. The van der Waals surface area contributed by atoms with Crippen LogP contribution in [0.25, 0.3) is 22.3 Å². The second kappa shape index (κ2) is 13.4. The van der Waals surface area contributed by atoms with Gasteiger partial charge in [-0.1, -0.05) is 43.7 Å². The summed E-state index contributed by atoms with van der Waals surface area (Å²) in [6, 6.07) is 13.7. The van der Waals surface area contributed by atoms with Gasteiger partial charge in [0, 0.05) is 16.2 Å². The zero-order chi connectivity index (χ0) is 27.7. The van der Waals surface area contributed by atoms with Gasteiger partial charge in [0.25, 0.3) is 0 Å². The molecule has 37 heavy (non-hydrogen) atoms. The van der Waals surface area contributed by atoms with E-state index >= 15 is 0 Å². The molecule has 4 aromatic carbocycles. The van der Waals surface area contributed by atoms with E-state index in [0.717, 1.165) is 29.8 Å². The van der Waals surface area contributed by atoms with Crippen molar-refractivity contribution in [2.24, 2.45) is 0 Å². The summed E-state index contributed by atoms with van der Waals surface area (Å²) >= 11 is 0. The van der Waals surface area contributed by atoms with Crippen LogP contribution in [0.4, 0.5) is 35.3 Å². The Hall–Kier alpha value is -3.88. The van der Waals surface area contributed by atoms with Crippen molar-refractivity contribution < 1.29 is 40.2 Å². The lowest BCUT2D eigenvalue weighted by Crippen LogP contribution is -1.94. The molecule has 0 aliphatic carbocycles. The summed E-state index contributed by atoms with van der Waals surface area (Å²) in [6.45, 7) is 4.79. The third kappa shape index (κ3) is 7.31. The minimum absolute atomic E-state index is 0.200. The van der Waals surface area contributed by atoms with E-state index in [1.165, 1.54) is 0 Å². The molecule has 0 aliphatic rings. The second-order valence-corrected chi connectivity index (χ2v) is 7.39. The number of alkyl halides is 1. The molecule has 0 atom stereocenters. The van der Waals surface area contributed by atoms with E-state index in [4.69, 9.17) is 0 Å². The van der Waals surface area contributed by atoms with Gasteiger partial charge in [0.2, 0.25) is 0 Å². The van der Waals surface area contributed by atoms with E-state index in [-0.39, 0.29) is 16.9 Å². The van der Waals surface area contributed by atoms with Crippen molar-refractivity contribution in [2.75, 3.05) is 0 Å². The lowest BCUT2D eigenvalue weighted by molar-refractivity contribution is -0.00652. The van der Waals surface area contributed by atoms with Crippen molar-refractivity contribution in [3.05, 3.63) is 113 Å². The minimum atomic E-state index is -1.64. The predicted molar refractivity (Wildman–Crippen MR) is 126 cm³/mol. The molecule has 4 rings (SSSR count).